The van der Waals surface area contributed by atoms with E-state index < -0.39 is 10.0 Å². The third-order valence-electron chi connectivity index (χ3n) is 5.51. The van der Waals surface area contributed by atoms with Gasteiger partial charge in [0.2, 0.25) is 10.0 Å². The number of benzene rings is 3. The van der Waals surface area contributed by atoms with Crippen molar-refractivity contribution in [2.24, 2.45) is 0 Å². The second kappa shape index (κ2) is 9.31. The van der Waals surface area contributed by atoms with Gasteiger partial charge in [-0.3, -0.25) is 4.90 Å². The summed E-state index contributed by atoms with van der Waals surface area (Å²) in [5, 5.41) is 0.526. The first kappa shape index (κ1) is 21.1. The molecular weight excluding hydrogens is 416 g/mol. The van der Waals surface area contributed by atoms with Gasteiger partial charge < -0.3 is 0 Å². The van der Waals surface area contributed by atoms with Crippen LogP contribution in [0.4, 0.5) is 0 Å². The highest BCUT2D eigenvalue weighted by atomic mass is 35.5. The van der Waals surface area contributed by atoms with Crippen molar-refractivity contribution in [3.05, 3.63) is 101 Å². The molecule has 0 bridgehead atoms. The lowest BCUT2D eigenvalue weighted by molar-refractivity contribution is 0.276. The molecule has 0 N–H and O–H groups in total. The van der Waals surface area contributed by atoms with Crippen molar-refractivity contribution in [2.75, 3.05) is 13.1 Å². The van der Waals surface area contributed by atoms with E-state index in [1.165, 1.54) is 5.56 Å². The van der Waals surface area contributed by atoms with Gasteiger partial charge in [0, 0.05) is 37.2 Å². The van der Waals surface area contributed by atoms with Crippen molar-refractivity contribution in [3.8, 4) is 0 Å². The first-order valence-electron chi connectivity index (χ1n) is 10.1. The number of likely N-dealkylation sites (tertiary alicyclic amines) is 1. The van der Waals surface area contributed by atoms with Gasteiger partial charge in [0.25, 0.3) is 0 Å². The predicted octanol–water partition coefficient (Wildman–Crippen LogP) is 4.81. The Hall–Kier alpha value is -2.18. The molecule has 0 amide bonds. The lowest BCUT2D eigenvalue weighted by Gasteiger charge is -2.28. The van der Waals surface area contributed by atoms with Gasteiger partial charge in [0.1, 0.15) is 0 Å². The predicted molar refractivity (Wildman–Crippen MR) is 121 cm³/mol. The molecule has 1 saturated heterocycles. The van der Waals surface area contributed by atoms with Gasteiger partial charge in [-0.05, 0) is 41.8 Å². The SMILES string of the molecule is O=S(=O)(c1ccc(Cl)cc1)N(Cc1ccccc1)C1CCN(Cc2ccccc2)C1. The fourth-order valence-electron chi connectivity index (χ4n) is 3.95. The molecule has 3 aromatic rings. The Morgan fingerprint density at radius 3 is 2.10 bits per heavy atom. The fraction of sp³-hybridized carbons (Fsp3) is 0.250. The standard InChI is InChI=1S/C24H25ClN2O2S/c25-22-11-13-24(14-12-22)30(28,29)27(18-21-9-5-2-6-10-21)23-15-16-26(19-23)17-20-7-3-1-4-8-20/h1-14,23H,15-19H2. The van der Waals surface area contributed by atoms with Crippen molar-refractivity contribution in [2.45, 2.75) is 30.4 Å². The molecule has 0 spiro atoms. The van der Waals surface area contributed by atoms with E-state index >= 15 is 0 Å². The van der Waals surface area contributed by atoms with Gasteiger partial charge in [-0.15, -0.1) is 0 Å². The molecule has 1 fully saturated rings. The molecule has 1 aliphatic heterocycles. The average molecular weight is 441 g/mol. The van der Waals surface area contributed by atoms with E-state index in [1.54, 1.807) is 28.6 Å². The summed E-state index contributed by atoms with van der Waals surface area (Å²) < 4.78 is 28.8. The van der Waals surface area contributed by atoms with Gasteiger partial charge in [-0.25, -0.2) is 8.42 Å². The van der Waals surface area contributed by atoms with Gasteiger partial charge >= 0.3 is 0 Å². The maximum Gasteiger partial charge on any atom is 0.243 e. The fourth-order valence-corrected chi connectivity index (χ4v) is 5.71. The molecule has 0 aliphatic carbocycles. The first-order valence-corrected chi connectivity index (χ1v) is 11.9. The Morgan fingerprint density at radius 1 is 0.867 bits per heavy atom. The Morgan fingerprint density at radius 2 is 1.47 bits per heavy atom. The molecule has 4 nitrogen and oxygen atoms in total. The second-order valence-electron chi connectivity index (χ2n) is 7.65. The van der Waals surface area contributed by atoms with Crippen LogP contribution in [0.15, 0.2) is 89.8 Å². The molecule has 3 aromatic carbocycles. The van der Waals surface area contributed by atoms with Crippen LogP contribution in [0.25, 0.3) is 0 Å². The highest BCUT2D eigenvalue weighted by molar-refractivity contribution is 7.89. The van der Waals surface area contributed by atoms with E-state index in [1.807, 2.05) is 48.5 Å². The normalized spacial score (nSPS) is 17.5. The summed E-state index contributed by atoms with van der Waals surface area (Å²) in [6, 6.07) is 26.4. The minimum Gasteiger partial charge on any atom is -0.297 e. The number of halogens is 1. The quantitative estimate of drug-likeness (QED) is 0.529. The van der Waals surface area contributed by atoms with Crippen LogP contribution < -0.4 is 0 Å². The largest absolute Gasteiger partial charge is 0.297 e. The Bertz CT molecular complexity index is 1060. The zero-order chi connectivity index (χ0) is 21.0. The minimum atomic E-state index is -3.65. The summed E-state index contributed by atoms with van der Waals surface area (Å²) in [4.78, 5) is 2.61. The molecular formula is C24H25ClN2O2S. The van der Waals surface area contributed by atoms with Gasteiger partial charge in [0.05, 0.1) is 4.90 Å². The van der Waals surface area contributed by atoms with Gasteiger partial charge in [0.15, 0.2) is 0 Å². The highest BCUT2D eigenvalue weighted by Gasteiger charge is 2.36. The Kier molecular flexibility index (Phi) is 6.54. The Labute approximate surface area is 183 Å². The molecule has 0 aromatic heterocycles. The highest BCUT2D eigenvalue weighted by Crippen LogP contribution is 2.27. The van der Waals surface area contributed by atoms with Crippen LogP contribution in [0.2, 0.25) is 5.02 Å². The number of nitrogens with zero attached hydrogens (tertiary/aromatic N) is 2. The van der Waals surface area contributed by atoms with Crippen LogP contribution >= 0.6 is 11.6 Å². The number of hydrogen-bond acceptors (Lipinski definition) is 3. The third-order valence-corrected chi connectivity index (χ3v) is 7.67. The summed E-state index contributed by atoms with van der Waals surface area (Å²) in [7, 11) is -3.65. The van der Waals surface area contributed by atoms with E-state index in [-0.39, 0.29) is 10.9 Å². The van der Waals surface area contributed by atoms with E-state index in [2.05, 4.69) is 17.0 Å². The average Bonchev–Trinajstić information content (AvgIpc) is 3.21. The number of sulfonamides is 1. The summed E-state index contributed by atoms with van der Waals surface area (Å²) in [6.45, 7) is 2.78. The number of rotatable bonds is 7. The van der Waals surface area contributed by atoms with Crippen LogP contribution in [0, 0.1) is 0 Å². The van der Waals surface area contributed by atoms with E-state index in [4.69, 9.17) is 11.6 Å². The molecule has 6 heteroatoms. The van der Waals surface area contributed by atoms with E-state index in [0.29, 0.717) is 18.1 Å². The number of hydrogen-bond donors (Lipinski definition) is 0. The van der Waals surface area contributed by atoms with Gasteiger partial charge in [-0.1, -0.05) is 72.3 Å². The topological polar surface area (TPSA) is 40.6 Å². The molecule has 30 heavy (non-hydrogen) atoms. The van der Waals surface area contributed by atoms with Crippen LogP contribution in [0.1, 0.15) is 17.5 Å². The molecule has 1 unspecified atom stereocenters. The minimum absolute atomic E-state index is 0.0744. The van der Waals surface area contributed by atoms with Crippen LogP contribution in [-0.4, -0.2) is 36.8 Å². The van der Waals surface area contributed by atoms with Crippen LogP contribution in [-0.2, 0) is 23.1 Å². The van der Waals surface area contributed by atoms with E-state index in [0.717, 1.165) is 25.1 Å². The van der Waals surface area contributed by atoms with Crippen LogP contribution in [0.3, 0.4) is 0 Å². The summed E-state index contributed by atoms with van der Waals surface area (Å²) in [5.41, 5.74) is 2.23. The lowest BCUT2D eigenvalue weighted by Crippen LogP contribution is -2.41. The van der Waals surface area contributed by atoms with Crippen LogP contribution in [0.5, 0.6) is 0 Å². The van der Waals surface area contributed by atoms with Gasteiger partial charge in [-0.2, -0.15) is 4.31 Å². The molecule has 0 radical (unpaired) electrons. The molecule has 1 heterocycles. The maximum absolute atomic E-state index is 13.6. The molecule has 1 aliphatic rings. The maximum atomic E-state index is 13.6. The third kappa shape index (κ3) is 4.93. The van der Waals surface area contributed by atoms with Crippen molar-refractivity contribution in [1.82, 2.24) is 9.21 Å². The zero-order valence-electron chi connectivity index (χ0n) is 16.7. The Balaban J connectivity index is 1.58. The van der Waals surface area contributed by atoms with E-state index in [9.17, 15) is 8.42 Å². The monoisotopic (exact) mass is 440 g/mol. The summed E-state index contributed by atoms with van der Waals surface area (Å²) in [6.07, 6.45) is 0.812. The smallest absolute Gasteiger partial charge is 0.243 e. The second-order valence-corrected chi connectivity index (χ2v) is 9.98. The molecule has 1 atom stereocenters. The van der Waals surface area contributed by atoms with Crippen molar-refractivity contribution >= 4 is 21.6 Å². The van der Waals surface area contributed by atoms with Crippen molar-refractivity contribution in [3.63, 3.8) is 0 Å². The van der Waals surface area contributed by atoms with Crippen molar-refractivity contribution < 1.29 is 8.42 Å². The summed E-state index contributed by atoms with van der Waals surface area (Å²) in [5.74, 6) is 0. The summed E-state index contributed by atoms with van der Waals surface area (Å²) >= 11 is 5.98. The lowest BCUT2D eigenvalue weighted by atomic mass is 10.2. The molecule has 0 saturated carbocycles. The molecule has 156 valence electrons. The first-order chi connectivity index (χ1) is 14.5. The zero-order valence-corrected chi connectivity index (χ0v) is 18.3. The molecule has 4 rings (SSSR count). The van der Waals surface area contributed by atoms with Crippen molar-refractivity contribution in [1.29, 1.82) is 0 Å².